The molecular weight excluding hydrogens is 344 g/mol. The van der Waals surface area contributed by atoms with E-state index in [1.807, 2.05) is 44.2 Å². The zero-order valence-electron chi connectivity index (χ0n) is 15.4. The Morgan fingerprint density at radius 1 is 1.11 bits per heavy atom. The summed E-state index contributed by atoms with van der Waals surface area (Å²) in [5, 5.41) is 9.53. The molecule has 1 atom stereocenters. The smallest absolute Gasteiger partial charge is 0.316 e. The molecule has 1 unspecified atom stereocenters. The van der Waals surface area contributed by atoms with Gasteiger partial charge in [0.15, 0.2) is 5.58 Å². The van der Waals surface area contributed by atoms with Gasteiger partial charge >= 0.3 is 5.97 Å². The summed E-state index contributed by atoms with van der Waals surface area (Å²) in [6.45, 7) is 4.65. The third-order valence-corrected chi connectivity index (χ3v) is 4.58. The monoisotopic (exact) mass is 366 g/mol. The van der Waals surface area contributed by atoms with Crippen molar-refractivity contribution in [1.29, 1.82) is 0 Å². The number of nitrogens with zero attached hydrogens (tertiary/aromatic N) is 2. The molecule has 0 saturated heterocycles. The van der Waals surface area contributed by atoms with Gasteiger partial charge in [0.2, 0.25) is 11.8 Å². The van der Waals surface area contributed by atoms with Gasteiger partial charge < -0.3 is 14.4 Å². The second kappa shape index (κ2) is 8.03. The van der Waals surface area contributed by atoms with Gasteiger partial charge in [-0.25, -0.2) is 4.98 Å². The van der Waals surface area contributed by atoms with Crippen LogP contribution in [-0.4, -0.2) is 40.0 Å². The minimum absolute atomic E-state index is 0.113. The van der Waals surface area contributed by atoms with Crippen LogP contribution < -0.4 is 0 Å². The summed E-state index contributed by atoms with van der Waals surface area (Å²) in [4.78, 5) is 30.2. The number of aliphatic carboxylic acids is 1. The molecule has 27 heavy (non-hydrogen) atoms. The van der Waals surface area contributed by atoms with Crippen molar-refractivity contribution >= 4 is 23.0 Å². The van der Waals surface area contributed by atoms with Crippen molar-refractivity contribution in [2.45, 2.75) is 20.3 Å². The molecule has 0 radical (unpaired) electrons. The summed E-state index contributed by atoms with van der Waals surface area (Å²) in [7, 11) is 0. The molecule has 0 aliphatic rings. The van der Waals surface area contributed by atoms with Crippen molar-refractivity contribution in [3.63, 3.8) is 0 Å². The number of carbonyl (C=O) groups is 2. The second-order valence-corrected chi connectivity index (χ2v) is 6.29. The number of carboxylic acid groups (broad SMARTS) is 1. The van der Waals surface area contributed by atoms with E-state index in [4.69, 9.17) is 4.42 Å². The lowest BCUT2D eigenvalue weighted by Gasteiger charge is -2.22. The standard InChI is InChI=1S/C21H22N2O4/c1-3-23(4-2)20(24)16(21(25)26)12-14-10-11-17-18(13-14)27-19(22-17)15-8-6-5-7-9-15/h5-11,13,16H,3-4,12H2,1-2H3,(H,25,26). The molecule has 0 bridgehead atoms. The second-order valence-electron chi connectivity index (χ2n) is 6.29. The number of carbonyl (C=O) groups excluding carboxylic acids is 1. The van der Waals surface area contributed by atoms with Crippen molar-refractivity contribution < 1.29 is 19.1 Å². The summed E-state index contributed by atoms with van der Waals surface area (Å²) in [5.74, 6) is -2.08. The highest BCUT2D eigenvalue weighted by atomic mass is 16.4. The van der Waals surface area contributed by atoms with Crippen LogP contribution in [-0.2, 0) is 16.0 Å². The lowest BCUT2D eigenvalue weighted by atomic mass is 9.97. The number of carboxylic acids is 1. The Morgan fingerprint density at radius 2 is 1.81 bits per heavy atom. The number of benzene rings is 2. The van der Waals surface area contributed by atoms with Crippen molar-refractivity contribution in [1.82, 2.24) is 9.88 Å². The van der Waals surface area contributed by atoms with Crippen LogP contribution in [0.1, 0.15) is 19.4 Å². The summed E-state index contributed by atoms with van der Waals surface area (Å²) < 4.78 is 5.83. The van der Waals surface area contributed by atoms with Crippen LogP contribution in [0.3, 0.4) is 0 Å². The van der Waals surface area contributed by atoms with Crippen LogP contribution in [0.15, 0.2) is 52.9 Å². The Hall–Kier alpha value is -3.15. The SMILES string of the molecule is CCN(CC)C(=O)C(Cc1ccc2nc(-c3ccccc3)oc2c1)C(=O)O. The molecule has 2 aromatic carbocycles. The van der Waals surface area contributed by atoms with Crippen LogP contribution in [0.2, 0.25) is 0 Å². The fourth-order valence-electron chi connectivity index (χ4n) is 3.07. The lowest BCUT2D eigenvalue weighted by Crippen LogP contribution is -2.40. The molecule has 0 saturated carbocycles. The molecule has 1 N–H and O–H groups in total. The van der Waals surface area contributed by atoms with Gasteiger partial charge in [-0.05, 0) is 50.1 Å². The maximum absolute atomic E-state index is 12.5. The Balaban J connectivity index is 1.87. The molecule has 3 rings (SSSR count). The van der Waals surface area contributed by atoms with Gasteiger partial charge in [-0.15, -0.1) is 0 Å². The van der Waals surface area contributed by atoms with Gasteiger partial charge in [0, 0.05) is 18.7 Å². The Bertz CT molecular complexity index is 945. The van der Waals surface area contributed by atoms with Gasteiger partial charge in [-0.3, -0.25) is 9.59 Å². The molecule has 0 spiro atoms. The quantitative estimate of drug-likeness (QED) is 0.646. The Kier molecular flexibility index (Phi) is 5.54. The average molecular weight is 366 g/mol. The van der Waals surface area contributed by atoms with Gasteiger partial charge in [0.25, 0.3) is 0 Å². The highest BCUT2D eigenvalue weighted by Gasteiger charge is 2.29. The van der Waals surface area contributed by atoms with Crippen molar-refractivity contribution in [2.24, 2.45) is 5.92 Å². The minimum atomic E-state index is -1.12. The molecule has 6 nitrogen and oxygen atoms in total. The molecule has 3 aromatic rings. The van der Waals surface area contributed by atoms with Crippen LogP contribution >= 0.6 is 0 Å². The van der Waals surface area contributed by atoms with Gasteiger partial charge in [0.1, 0.15) is 11.4 Å². The largest absolute Gasteiger partial charge is 0.481 e. The first-order valence-corrected chi connectivity index (χ1v) is 9.00. The third kappa shape index (κ3) is 4.00. The molecule has 1 amide bonds. The zero-order chi connectivity index (χ0) is 19.4. The number of oxazole rings is 1. The molecule has 0 aliphatic heterocycles. The normalized spacial score (nSPS) is 12.1. The van der Waals surface area contributed by atoms with Gasteiger partial charge in [-0.1, -0.05) is 24.3 Å². The first-order chi connectivity index (χ1) is 13.0. The molecule has 1 heterocycles. The van der Waals surface area contributed by atoms with Crippen molar-refractivity contribution in [3.8, 4) is 11.5 Å². The number of fused-ring (bicyclic) bond motifs is 1. The number of hydrogen-bond acceptors (Lipinski definition) is 4. The first kappa shape index (κ1) is 18.6. The van der Waals surface area contributed by atoms with Crippen LogP contribution in [0, 0.1) is 5.92 Å². The molecule has 0 fully saturated rings. The molecule has 1 aromatic heterocycles. The predicted octanol–water partition coefficient (Wildman–Crippen LogP) is 3.61. The first-order valence-electron chi connectivity index (χ1n) is 9.00. The molecule has 6 heteroatoms. The van der Waals surface area contributed by atoms with E-state index in [0.717, 1.165) is 11.1 Å². The molecular formula is C21H22N2O4. The van der Waals surface area contributed by atoms with Crippen molar-refractivity contribution in [2.75, 3.05) is 13.1 Å². The fourth-order valence-corrected chi connectivity index (χ4v) is 3.07. The zero-order valence-corrected chi connectivity index (χ0v) is 15.4. The third-order valence-electron chi connectivity index (χ3n) is 4.58. The van der Waals surface area contributed by atoms with E-state index in [2.05, 4.69) is 4.98 Å². The van der Waals surface area contributed by atoms with Crippen LogP contribution in [0.4, 0.5) is 0 Å². The number of aromatic nitrogens is 1. The van der Waals surface area contributed by atoms with Crippen molar-refractivity contribution in [3.05, 3.63) is 54.1 Å². The van der Waals surface area contributed by atoms with E-state index < -0.39 is 11.9 Å². The fraction of sp³-hybridized carbons (Fsp3) is 0.286. The summed E-state index contributed by atoms with van der Waals surface area (Å²) in [5.41, 5.74) is 2.87. The van der Waals surface area contributed by atoms with Gasteiger partial charge in [0.05, 0.1) is 0 Å². The minimum Gasteiger partial charge on any atom is -0.481 e. The van der Waals surface area contributed by atoms with Crippen LogP contribution in [0.25, 0.3) is 22.6 Å². The number of rotatable bonds is 7. The van der Waals surface area contributed by atoms with E-state index >= 15 is 0 Å². The maximum Gasteiger partial charge on any atom is 0.316 e. The molecule has 140 valence electrons. The molecule has 0 aliphatic carbocycles. The summed E-state index contributed by atoms with van der Waals surface area (Å²) in [6.07, 6.45) is 0.113. The Labute approximate surface area is 157 Å². The predicted molar refractivity (Wildman–Crippen MR) is 102 cm³/mol. The topological polar surface area (TPSA) is 83.6 Å². The van der Waals surface area contributed by atoms with Gasteiger partial charge in [-0.2, -0.15) is 0 Å². The van der Waals surface area contributed by atoms with E-state index in [9.17, 15) is 14.7 Å². The van der Waals surface area contributed by atoms with Crippen LogP contribution in [0.5, 0.6) is 0 Å². The Morgan fingerprint density at radius 3 is 2.44 bits per heavy atom. The van der Waals surface area contributed by atoms with E-state index in [-0.39, 0.29) is 12.3 Å². The highest BCUT2D eigenvalue weighted by Crippen LogP contribution is 2.25. The number of amides is 1. The average Bonchev–Trinajstić information content (AvgIpc) is 3.10. The summed E-state index contributed by atoms with van der Waals surface area (Å²) in [6, 6.07) is 14.9. The highest BCUT2D eigenvalue weighted by molar-refractivity contribution is 5.97. The van der Waals surface area contributed by atoms with E-state index in [0.29, 0.717) is 30.1 Å². The lowest BCUT2D eigenvalue weighted by molar-refractivity contribution is -0.150. The maximum atomic E-state index is 12.5. The number of hydrogen-bond donors (Lipinski definition) is 1. The summed E-state index contributed by atoms with van der Waals surface area (Å²) >= 11 is 0. The van der Waals surface area contributed by atoms with E-state index in [1.165, 1.54) is 0 Å². The van der Waals surface area contributed by atoms with E-state index in [1.54, 1.807) is 23.1 Å².